The van der Waals surface area contributed by atoms with E-state index in [4.69, 9.17) is 0 Å². The summed E-state index contributed by atoms with van der Waals surface area (Å²) < 4.78 is 2.16. The molecule has 0 fully saturated rings. The van der Waals surface area contributed by atoms with Crippen molar-refractivity contribution in [2.24, 2.45) is 5.41 Å². The highest BCUT2D eigenvalue weighted by molar-refractivity contribution is 7.99. The minimum atomic E-state index is -0.208. The molecule has 0 saturated heterocycles. The van der Waals surface area contributed by atoms with Crippen molar-refractivity contribution in [1.82, 2.24) is 14.9 Å². The number of rotatable bonds is 6. The molecule has 1 N–H and O–H groups in total. The summed E-state index contributed by atoms with van der Waals surface area (Å²) in [7, 11) is 0. The third-order valence-electron chi connectivity index (χ3n) is 3.72. The van der Waals surface area contributed by atoms with Gasteiger partial charge in [-0.3, -0.25) is 4.79 Å². The minimum absolute atomic E-state index is 0.0592. The van der Waals surface area contributed by atoms with Gasteiger partial charge in [-0.15, -0.1) is 0 Å². The number of fused-ring (bicyclic) bond motifs is 1. The first-order valence-electron chi connectivity index (χ1n) is 8.50. The normalized spacial score (nSPS) is 12.6. The van der Waals surface area contributed by atoms with Crippen LogP contribution in [-0.4, -0.2) is 26.8 Å². The van der Waals surface area contributed by atoms with Gasteiger partial charge in [-0.2, -0.15) is 0 Å². The zero-order chi connectivity index (χ0) is 18.0. The van der Waals surface area contributed by atoms with Gasteiger partial charge in [0.2, 0.25) is 5.91 Å². The van der Waals surface area contributed by atoms with Gasteiger partial charge in [0.25, 0.3) is 0 Å². The van der Waals surface area contributed by atoms with E-state index in [0.717, 1.165) is 29.2 Å². The molecule has 0 aliphatic rings. The monoisotopic (exact) mass is 347 g/mol. The molecular weight excluding hydrogens is 318 g/mol. The van der Waals surface area contributed by atoms with E-state index in [0.29, 0.717) is 5.75 Å². The van der Waals surface area contributed by atoms with Crippen LogP contribution in [0.15, 0.2) is 29.4 Å². The predicted molar refractivity (Wildman–Crippen MR) is 102 cm³/mol. The van der Waals surface area contributed by atoms with Gasteiger partial charge < -0.3 is 9.88 Å². The maximum atomic E-state index is 12.4. The zero-order valence-electron chi connectivity index (χ0n) is 15.6. The molecule has 2 rings (SSSR count). The maximum absolute atomic E-state index is 12.4. The highest BCUT2D eigenvalue weighted by Crippen LogP contribution is 2.27. The van der Waals surface area contributed by atoms with Crippen molar-refractivity contribution in [2.75, 3.05) is 5.75 Å². The van der Waals surface area contributed by atoms with Gasteiger partial charge in [0.05, 0.1) is 16.8 Å². The Bertz CT molecular complexity index is 713. The van der Waals surface area contributed by atoms with Gasteiger partial charge >= 0.3 is 0 Å². The molecule has 0 spiro atoms. The first-order valence-corrected chi connectivity index (χ1v) is 9.49. The van der Waals surface area contributed by atoms with Gasteiger partial charge in [-0.05, 0) is 44.7 Å². The average molecular weight is 348 g/mol. The Morgan fingerprint density at radius 1 is 1.21 bits per heavy atom. The topological polar surface area (TPSA) is 46.9 Å². The fourth-order valence-corrected chi connectivity index (χ4v) is 4.26. The molecule has 1 aromatic heterocycles. The van der Waals surface area contributed by atoms with Crippen molar-refractivity contribution < 1.29 is 4.79 Å². The van der Waals surface area contributed by atoms with Crippen molar-refractivity contribution in [2.45, 2.75) is 65.2 Å². The lowest BCUT2D eigenvalue weighted by Gasteiger charge is -2.33. The van der Waals surface area contributed by atoms with E-state index >= 15 is 0 Å². The molecule has 1 aromatic carbocycles. The maximum Gasteiger partial charge on any atom is 0.230 e. The lowest BCUT2D eigenvalue weighted by atomic mass is 9.82. The number of imidazole rings is 1. The van der Waals surface area contributed by atoms with Gasteiger partial charge in [0, 0.05) is 12.1 Å². The molecule has 0 bridgehead atoms. The van der Waals surface area contributed by atoms with E-state index in [1.165, 1.54) is 11.8 Å². The third kappa shape index (κ3) is 5.00. The molecule has 0 aliphatic carbocycles. The lowest BCUT2D eigenvalue weighted by Crippen LogP contribution is -2.46. The van der Waals surface area contributed by atoms with Crippen molar-refractivity contribution in [3.8, 4) is 0 Å². The third-order valence-corrected chi connectivity index (χ3v) is 4.69. The number of thioether (sulfide) groups is 1. The zero-order valence-corrected chi connectivity index (χ0v) is 16.5. The van der Waals surface area contributed by atoms with Crippen molar-refractivity contribution in [3.63, 3.8) is 0 Å². The molecule has 0 saturated carbocycles. The Morgan fingerprint density at radius 3 is 2.50 bits per heavy atom. The van der Waals surface area contributed by atoms with Crippen LogP contribution in [0.1, 0.15) is 48.0 Å². The van der Waals surface area contributed by atoms with E-state index < -0.39 is 0 Å². The number of aromatic nitrogens is 2. The molecule has 0 radical (unpaired) electrons. The number of hydrogen-bond acceptors (Lipinski definition) is 3. The molecule has 0 aliphatic heterocycles. The Hall–Kier alpha value is -1.49. The largest absolute Gasteiger partial charge is 0.350 e. The van der Waals surface area contributed by atoms with Gasteiger partial charge in [0.1, 0.15) is 0 Å². The summed E-state index contributed by atoms with van der Waals surface area (Å²) in [5.74, 6) is 0.445. The standard InChI is InChI=1S/C19H29N3OS/c1-7-22-15-11-9-8-10-14(15)20-17(22)24-12-16(23)21-19(5,6)13-18(2,3)4/h8-11H,7,12-13H2,1-6H3,(H,21,23). The fourth-order valence-electron chi connectivity index (χ4n) is 3.38. The second kappa shape index (κ2) is 7.18. The quantitative estimate of drug-likeness (QED) is 0.784. The van der Waals surface area contributed by atoms with E-state index in [9.17, 15) is 4.79 Å². The Morgan fingerprint density at radius 2 is 1.88 bits per heavy atom. The van der Waals surface area contributed by atoms with E-state index in [1.807, 2.05) is 18.2 Å². The molecule has 1 heterocycles. The van der Waals surface area contributed by atoms with Crippen LogP contribution in [0.25, 0.3) is 11.0 Å². The molecule has 1 amide bonds. The molecular formula is C19H29N3OS. The van der Waals surface area contributed by atoms with Crippen LogP contribution in [0.2, 0.25) is 0 Å². The van der Waals surface area contributed by atoms with Crippen LogP contribution in [0.3, 0.4) is 0 Å². The summed E-state index contributed by atoms with van der Waals surface area (Å²) in [6.45, 7) is 13.7. The molecule has 132 valence electrons. The highest BCUT2D eigenvalue weighted by atomic mass is 32.2. The van der Waals surface area contributed by atoms with Gasteiger partial charge in [-0.25, -0.2) is 4.98 Å². The molecule has 2 aromatic rings. The number of nitrogens with one attached hydrogen (secondary N) is 1. The number of aryl methyl sites for hydroxylation is 1. The fraction of sp³-hybridized carbons (Fsp3) is 0.579. The number of nitrogens with zero attached hydrogens (tertiary/aromatic N) is 2. The highest BCUT2D eigenvalue weighted by Gasteiger charge is 2.27. The number of para-hydroxylation sites is 2. The summed E-state index contributed by atoms with van der Waals surface area (Å²) in [5.41, 5.74) is 2.08. The lowest BCUT2D eigenvalue weighted by molar-refractivity contribution is -0.120. The molecule has 4 nitrogen and oxygen atoms in total. The van der Waals surface area contributed by atoms with Crippen LogP contribution >= 0.6 is 11.8 Å². The van der Waals surface area contributed by atoms with Crippen molar-refractivity contribution in [3.05, 3.63) is 24.3 Å². The smallest absolute Gasteiger partial charge is 0.230 e. The van der Waals surface area contributed by atoms with E-state index in [1.54, 1.807) is 0 Å². The van der Waals surface area contributed by atoms with Gasteiger partial charge in [-0.1, -0.05) is 44.7 Å². The first-order chi connectivity index (χ1) is 11.1. The van der Waals surface area contributed by atoms with E-state index in [-0.39, 0.29) is 16.9 Å². The average Bonchev–Trinajstić information content (AvgIpc) is 2.79. The van der Waals surface area contributed by atoms with Crippen molar-refractivity contribution in [1.29, 1.82) is 0 Å². The van der Waals surface area contributed by atoms with Gasteiger partial charge in [0.15, 0.2) is 5.16 Å². The number of carbonyl (C=O) groups is 1. The Kier molecular flexibility index (Phi) is 5.63. The second-order valence-corrected chi connectivity index (χ2v) is 9.03. The predicted octanol–water partition coefficient (Wildman–Crippen LogP) is 4.48. The molecule has 0 unspecified atom stereocenters. The summed E-state index contributed by atoms with van der Waals surface area (Å²) in [6.07, 6.45) is 0.934. The van der Waals surface area contributed by atoms with Crippen LogP contribution in [-0.2, 0) is 11.3 Å². The number of amides is 1. The molecule has 5 heteroatoms. The molecule has 24 heavy (non-hydrogen) atoms. The van der Waals surface area contributed by atoms with E-state index in [2.05, 4.69) is 62.5 Å². The summed E-state index contributed by atoms with van der Waals surface area (Å²) in [5, 5.41) is 4.06. The Balaban J connectivity index is 2.02. The summed E-state index contributed by atoms with van der Waals surface area (Å²) in [4.78, 5) is 17.0. The SMILES string of the molecule is CCn1c(SCC(=O)NC(C)(C)CC(C)(C)C)nc2ccccc21. The molecule has 0 atom stereocenters. The summed E-state index contributed by atoms with van der Waals surface area (Å²) >= 11 is 1.50. The number of benzene rings is 1. The second-order valence-electron chi connectivity index (χ2n) is 8.09. The number of carbonyl (C=O) groups excluding carboxylic acids is 1. The first kappa shape index (κ1) is 18.8. The van der Waals surface area contributed by atoms with Crippen molar-refractivity contribution >= 4 is 28.7 Å². The Labute approximate surface area is 149 Å². The van der Waals surface area contributed by atoms with Crippen LogP contribution in [0.5, 0.6) is 0 Å². The summed E-state index contributed by atoms with van der Waals surface area (Å²) in [6, 6.07) is 8.10. The van der Waals surface area contributed by atoms with Crippen LogP contribution in [0, 0.1) is 5.41 Å². The van der Waals surface area contributed by atoms with Crippen LogP contribution < -0.4 is 5.32 Å². The van der Waals surface area contributed by atoms with Crippen LogP contribution in [0.4, 0.5) is 0 Å². The minimum Gasteiger partial charge on any atom is -0.350 e. The number of hydrogen-bond donors (Lipinski definition) is 1.